The third-order valence-corrected chi connectivity index (χ3v) is 5.21. The zero-order valence-corrected chi connectivity index (χ0v) is 11.6. The minimum absolute atomic E-state index is 0.118. The van der Waals surface area contributed by atoms with Crippen molar-refractivity contribution in [2.24, 2.45) is 23.5 Å². The van der Waals surface area contributed by atoms with Crippen molar-refractivity contribution in [3.8, 4) is 0 Å². The van der Waals surface area contributed by atoms with Crippen molar-refractivity contribution in [1.82, 2.24) is 0 Å². The van der Waals surface area contributed by atoms with E-state index >= 15 is 0 Å². The van der Waals surface area contributed by atoms with E-state index in [0.29, 0.717) is 17.4 Å². The number of fused-ring (bicyclic) bond motifs is 2. The molecule has 2 fully saturated rings. The van der Waals surface area contributed by atoms with Crippen LogP contribution in [0.4, 0.5) is 13.2 Å². The Morgan fingerprint density at radius 3 is 2.45 bits per heavy atom. The summed E-state index contributed by atoms with van der Waals surface area (Å²) in [5.74, 6) is 1.92. The quantitative estimate of drug-likeness (QED) is 0.852. The molecule has 4 unspecified atom stereocenters. The van der Waals surface area contributed by atoms with Gasteiger partial charge in [-0.05, 0) is 67.2 Å². The molecule has 0 aromatic heterocycles. The number of rotatable bonds is 2. The number of aryl methyl sites for hydroxylation is 1. The SMILES string of the molecule is Cc1cc(C(F)(F)F)ccc1C(N)C1CC2CCC1C2. The van der Waals surface area contributed by atoms with Crippen LogP contribution in [0.1, 0.15) is 48.4 Å². The van der Waals surface area contributed by atoms with Gasteiger partial charge in [0.25, 0.3) is 0 Å². The number of hydrogen-bond acceptors (Lipinski definition) is 1. The molecule has 2 N–H and O–H groups in total. The van der Waals surface area contributed by atoms with Crippen LogP contribution in [0.2, 0.25) is 0 Å². The van der Waals surface area contributed by atoms with Gasteiger partial charge < -0.3 is 5.73 Å². The van der Waals surface area contributed by atoms with Crippen LogP contribution in [0.15, 0.2) is 18.2 Å². The summed E-state index contributed by atoms with van der Waals surface area (Å²) >= 11 is 0. The zero-order valence-electron chi connectivity index (χ0n) is 11.6. The van der Waals surface area contributed by atoms with Crippen molar-refractivity contribution >= 4 is 0 Å². The lowest BCUT2D eigenvalue weighted by Crippen LogP contribution is -2.26. The van der Waals surface area contributed by atoms with E-state index in [4.69, 9.17) is 5.73 Å². The fourth-order valence-electron chi connectivity index (χ4n) is 4.19. The van der Waals surface area contributed by atoms with Gasteiger partial charge in [0, 0.05) is 6.04 Å². The van der Waals surface area contributed by atoms with Crippen molar-refractivity contribution in [1.29, 1.82) is 0 Å². The number of hydrogen-bond donors (Lipinski definition) is 1. The second-order valence-corrected chi connectivity index (χ2v) is 6.43. The molecular formula is C16H20F3N. The van der Waals surface area contributed by atoms with Gasteiger partial charge in [-0.1, -0.05) is 12.5 Å². The Morgan fingerprint density at radius 2 is 1.95 bits per heavy atom. The van der Waals surface area contributed by atoms with Crippen molar-refractivity contribution < 1.29 is 13.2 Å². The van der Waals surface area contributed by atoms with Crippen LogP contribution in [-0.2, 0) is 6.18 Å². The van der Waals surface area contributed by atoms with Crippen LogP contribution in [-0.4, -0.2) is 0 Å². The van der Waals surface area contributed by atoms with Gasteiger partial charge in [0.05, 0.1) is 5.56 Å². The predicted molar refractivity (Wildman–Crippen MR) is 72.0 cm³/mol. The van der Waals surface area contributed by atoms with Crippen LogP contribution < -0.4 is 5.73 Å². The molecule has 1 nitrogen and oxygen atoms in total. The lowest BCUT2D eigenvalue weighted by Gasteiger charge is -2.29. The van der Waals surface area contributed by atoms with Gasteiger partial charge in [-0.2, -0.15) is 13.2 Å². The Bertz CT molecular complexity index is 509. The van der Waals surface area contributed by atoms with Crippen LogP contribution in [0.25, 0.3) is 0 Å². The summed E-state index contributed by atoms with van der Waals surface area (Å²) < 4.78 is 38.1. The molecule has 0 aliphatic heterocycles. The second-order valence-electron chi connectivity index (χ2n) is 6.43. The van der Waals surface area contributed by atoms with E-state index < -0.39 is 11.7 Å². The van der Waals surface area contributed by atoms with Crippen molar-refractivity contribution in [3.05, 3.63) is 34.9 Å². The second kappa shape index (κ2) is 4.76. The minimum atomic E-state index is -4.28. The van der Waals surface area contributed by atoms with Crippen molar-refractivity contribution in [2.75, 3.05) is 0 Å². The summed E-state index contributed by atoms with van der Waals surface area (Å²) in [5.41, 5.74) is 7.33. The first-order valence-corrected chi connectivity index (χ1v) is 7.29. The summed E-state index contributed by atoms with van der Waals surface area (Å²) in [5, 5.41) is 0. The Balaban J connectivity index is 1.83. The highest BCUT2D eigenvalue weighted by atomic mass is 19.4. The van der Waals surface area contributed by atoms with Crippen LogP contribution in [0, 0.1) is 24.7 Å². The predicted octanol–water partition coefficient (Wildman–Crippen LogP) is 4.45. The first kappa shape index (κ1) is 13.9. The Labute approximate surface area is 117 Å². The molecule has 0 heterocycles. The molecule has 2 aliphatic rings. The van der Waals surface area contributed by atoms with Crippen LogP contribution >= 0.6 is 0 Å². The summed E-state index contributed by atoms with van der Waals surface area (Å²) in [4.78, 5) is 0. The molecular weight excluding hydrogens is 263 g/mol. The molecule has 2 saturated carbocycles. The highest BCUT2D eigenvalue weighted by Gasteiger charge is 2.42. The Morgan fingerprint density at radius 1 is 1.20 bits per heavy atom. The summed E-state index contributed by atoms with van der Waals surface area (Å²) in [7, 11) is 0. The van der Waals surface area contributed by atoms with Crippen molar-refractivity contribution in [3.63, 3.8) is 0 Å². The molecule has 2 bridgehead atoms. The van der Waals surface area contributed by atoms with E-state index in [2.05, 4.69) is 0 Å². The van der Waals surface area contributed by atoms with Gasteiger partial charge in [0.1, 0.15) is 0 Å². The molecule has 3 rings (SSSR count). The average Bonchev–Trinajstić information content (AvgIpc) is 2.99. The first-order chi connectivity index (χ1) is 9.36. The molecule has 110 valence electrons. The van der Waals surface area contributed by atoms with Crippen LogP contribution in [0.5, 0.6) is 0 Å². The first-order valence-electron chi connectivity index (χ1n) is 7.29. The Kier molecular flexibility index (Phi) is 3.32. The van der Waals surface area contributed by atoms with E-state index in [9.17, 15) is 13.2 Å². The maximum atomic E-state index is 12.7. The topological polar surface area (TPSA) is 26.0 Å². The highest BCUT2D eigenvalue weighted by Crippen LogP contribution is 2.52. The van der Waals surface area contributed by atoms with Crippen LogP contribution in [0.3, 0.4) is 0 Å². The van der Waals surface area contributed by atoms with Gasteiger partial charge in [-0.15, -0.1) is 0 Å². The maximum Gasteiger partial charge on any atom is 0.416 e. The van der Waals surface area contributed by atoms with Gasteiger partial charge >= 0.3 is 6.18 Å². The van der Waals surface area contributed by atoms with Gasteiger partial charge in [-0.3, -0.25) is 0 Å². The molecule has 4 atom stereocenters. The van der Waals surface area contributed by atoms with E-state index in [1.807, 2.05) is 0 Å². The third-order valence-electron chi connectivity index (χ3n) is 5.21. The van der Waals surface area contributed by atoms with E-state index in [1.54, 1.807) is 13.0 Å². The minimum Gasteiger partial charge on any atom is -0.324 e. The third kappa shape index (κ3) is 2.34. The summed E-state index contributed by atoms with van der Waals surface area (Å²) in [6.07, 6.45) is 0.673. The lowest BCUT2D eigenvalue weighted by atomic mass is 9.80. The molecule has 1 aromatic carbocycles. The zero-order chi connectivity index (χ0) is 14.5. The molecule has 0 radical (unpaired) electrons. The highest BCUT2D eigenvalue weighted by molar-refractivity contribution is 5.35. The van der Waals surface area contributed by atoms with Gasteiger partial charge in [0.15, 0.2) is 0 Å². The number of benzene rings is 1. The molecule has 0 spiro atoms. The summed E-state index contributed by atoms with van der Waals surface area (Å²) in [6.45, 7) is 1.73. The molecule has 4 heteroatoms. The number of halogens is 3. The van der Waals surface area contributed by atoms with Gasteiger partial charge in [0.2, 0.25) is 0 Å². The molecule has 0 amide bonds. The van der Waals surface area contributed by atoms with Crippen molar-refractivity contribution in [2.45, 2.75) is 44.8 Å². The number of alkyl halides is 3. The largest absolute Gasteiger partial charge is 0.416 e. The Hall–Kier alpha value is -1.03. The molecule has 0 saturated heterocycles. The molecule has 2 aliphatic carbocycles. The average molecular weight is 283 g/mol. The fraction of sp³-hybridized carbons (Fsp3) is 0.625. The van der Waals surface area contributed by atoms with Gasteiger partial charge in [-0.25, -0.2) is 0 Å². The lowest BCUT2D eigenvalue weighted by molar-refractivity contribution is -0.137. The molecule has 20 heavy (non-hydrogen) atoms. The van der Waals surface area contributed by atoms with E-state index in [0.717, 1.165) is 24.0 Å². The molecule has 1 aromatic rings. The van der Waals surface area contributed by atoms with E-state index in [-0.39, 0.29) is 6.04 Å². The normalized spacial score (nSPS) is 30.8. The fourth-order valence-corrected chi connectivity index (χ4v) is 4.19. The monoisotopic (exact) mass is 283 g/mol. The maximum absolute atomic E-state index is 12.7. The standard InChI is InChI=1S/C16H20F3N/c1-9-6-12(16(17,18)19)4-5-13(9)15(20)14-8-10-2-3-11(14)7-10/h4-6,10-11,14-15H,2-3,7-8,20H2,1H3. The number of nitrogens with two attached hydrogens (primary N) is 1. The van der Waals surface area contributed by atoms with E-state index in [1.165, 1.54) is 25.3 Å². The smallest absolute Gasteiger partial charge is 0.324 e. The summed E-state index contributed by atoms with van der Waals surface area (Å²) in [6, 6.07) is 3.85.